The summed E-state index contributed by atoms with van der Waals surface area (Å²) in [6, 6.07) is 18.0. The zero-order valence-corrected chi connectivity index (χ0v) is 10.7. The van der Waals surface area contributed by atoms with Crippen LogP contribution in [-0.2, 0) is 4.79 Å². The summed E-state index contributed by atoms with van der Waals surface area (Å²) < 4.78 is 0. The number of carbonyl (C=O) groups excluding carboxylic acids is 1. The van der Waals surface area contributed by atoms with Crippen molar-refractivity contribution in [1.82, 2.24) is 0 Å². The average Bonchev–Trinajstić information content (AvgIpc) is 2.49. The summed E-state index contributed by atoms with van der Waals surface area (Å²) >= 11 is 0. The van der Waals surface area contributed by atoms with Crippen LogP contribution in [0.5, 0.6) is 0 Å². The number of benzene rings is 2. The van der Waals surface area contributed by atoms with E-state index in [2.05, 4.69) is 10.5 Å². The van der Waals surface area contributed by atoms with E-state index < -0.39 is 5.92 Å². The van der Waals surface area contributed by atoms with Crippen molar-refractivity contribution < 1.29 is 10.0 Å². The van der Waals surface area contributed by atoms with E-state index in [1.807, 2.05) is 24.3 Å². The zero-order chi connectivity index (χ0) is 14.4. The maximum absolute atomic E-state index is 12.3. The molecule has 0 fully saturated rings. The van der Waals surface area contributed by atoms with Gasteiger partial charge in [0.25, 0.3) is 0 Å². The highest BCUT2D eigenvalue weighted by Gasteiger charge is 2.25. The zero-order valence-electron chi connectivity index (χ0n) is 10.7. The number of amidine groups is 1. The maximum Gasteiger partial charge on any atom is 0.239 e. The first-order valence-corrected chi connectivity index (χ1v) is 6.10. The quantitative estimate of drug-likeness (QED) is 0.344. The Bertz CT molecular complexity index is 597. The molecule has 0 aromatic heterocycles. The standard InChI is InChI=1S/C15H15N3O2/c16-14(18-20)13(11-7-3-1-4-8-11)15(19)17-12-9-5-2-6-10-12/h1-10,13,20H,(H2,16,18)(H,17,19). The van der Waals surface area contributed by atoms with Crippen molar-refractivity contribution in [3.8, 4) is 0 Å². The molecule has 0 aliphatic heterocycles. The molecule has 5 nitrogen and oxygen atoms in total. The van der Waals surface area contributed by atoms with Crippen LogP contribution in [0.2, 0.25) is 0 Å². The minimum atomic E-state index is -0.832. The van der Waals surface area contributed by atoms with Gasteiger partial charge in [-0.25, -0.2) is 0 Å². The number of hydrogen-bond donors (Lipinski definition) is 3. The molecular formula is C15H15N3O2. The minimum absolute atomic E-state index is 0.148. The number of nitrogens with two attached hydrogens (primary N) is 1. The number of rotatable bonds is 4. The molecule has 0 saturated carbocycles. The van der Waals surface area contributed by atoms with Crippen LogP contribution in [0, 0.1) is 0 Å². The lowest BCUT2D eigenvalue weighted by Gasteiger charge is -2.15. The topological polar surface area (TPSA) is 87.7 Å². The van der Waals surface area contributed by atoms with Crippen LogP contribution in [0.4, 0.5) is 5.69 Å². The number of anilines is 1. The number of hydrogen-bond acceptors (Lipinski definition) is 3. The van der Waals surface area contributed by atoms with Gasteiger partial charge in [-0.2, -0.15) is 0 Å². The Balaban J connectivity index is 2.26. The second kappa shape index (κ2) is 6.38. The van der Waals surface area contributed by atoms with Gasteiger partial charge in [-0.1, -0.05) is 53.7 Å². The fourth-order valence-corrected chi connectivity index (χ4v) is 1.90. The molecule has 0 heterocycles. The van der Waals surface area contributed by atoms with Crippen molar-refractivity contribution in [3.63, 3.8) is 0 Å². The van der Waals surface area contributed by atoms with Crippen molar-refractivity contribution in [2.24, 2.45) is 10.9 Å². The molecule has 2 aromatic rings. The summed E-state index contributed by atoms with van der Waals surface area (Å²) in [5.41, 5.74) is 6.96. The van der Waals surface area contributed by atoms with Gasteiger partial charge in [0, 0.05) is 5.69 Å². The van der Waals surface area contributed by atoms with Gasteiger partial charge >= 0.3 is 0 Å². The molecule has 0 spiro atoms. The van der Waals surface area contributed by atoms with Gasteiger partial charge < -0.3 is 16.3 Å². The molecule has 0 aliphatic rings. The summed E-state index contributed by atoms with van der Waals surface area (Å²) in [6.45, 7) is 0. The summed E-state index contributed by atoms with van der Waals surface area (Å²) in [6.07, 6.45) is 0. The minimum Gasteiger partial charge on any atom is -0.409 e. The highest BCUT2D eigenvalue weighted by Crippen LogP contribution is 2.18. The summed E-state index contributed by atoms with van der Waals surface area (Å²) in [7, 11) is 0. The molecule has 4 N–H and O–H groups in total. The number of amides is 1. The summed E-state index contributed by atoms with van der Waals surface area (Å²) in [5.74, 6) is -1.33. The number of para-hydroxylation sites is 1. The van der Waals surface area contributed by atoms with Crippen molar-refractivity contribution in [2.45, 2.75) is 5.92 Å². The Labute approximate surface area is 116 Å². The molecule has 2 rings (SSSR count). The van der Waals surface area contributed by atoms with Gasteiger partial charge in [0.1, 0.15) is 5.92 Å². The van der Waals surface area contributed by atoms with Crippen LogP contribution in [0.25, 0.3) is 0 Å². The van der Waals surface area contributed by atoms with E-state index in [4.69, 9.17) is 10.9 Å². The van der Waals surface area contributed by atoms with Crippen LogP contribution < -0.4 is 11.1 Å². The molecule has 0 saturated heterocycles. The van der Waals surface area contributed by atoms with Gasteiger partial charge in [-0.3, -0.25) is 4.79 Å². The number of nitrogens with zero attached hydrogens (tertiary/aromatic N) is 1. The lowest BCUT2D eigenvalue weighted by Crippen LogP contribution is -2.32. The van der Waals surface area contributed by atoms with Crippen LogP contribution >= 0.6 is 0 Å². The lowest BCUT2D eigenvalue weighted by molar-refractivity contribution is -0.116. The van der Waals surface area contributed by atoms with Gasteiger partial charge in [-0.05, 0) is 17.7 Å². The number of nitrogens with one attached hydrogen (secondary N) is 1. The first-order chi connectivity index (χ1) is 9.72. The van der Waals surface area contributed by atoms with E-state index in [1.165, 1.54) is 0 Å². The Hall–Kier alpha value is -2.82. The molecule has 1 unspecified atom stereocenters. The van der Waals surface area contributed by atoms with E-state index in [0.717, 1.165) is 0 Å². The second-order valence-corrected chi connectivity index (χ2v) is 4.22. The number of oxime groups is 1. The first kappa shape index (κ1) is 13.6. The van der Waals surface area contributed by atoms with Crippen LogP contribution in [0.15, 0.2) is 65.8 Å². The fourth-order valence-electron chi connectivity index (χ4n) is 1.90. The highest BCUT2D eigenvalue weighted by molar-refractivity contribution is 6.12. The van der Waals surface area contributed by atoms with Crippen molar-refractivity contribution in [1.29, 1.82) is 0 Å². The third-order valence-corrected chi connectivity index (χ3v) is 2.85. The van der Waals surface area contributed by atoms with E-state index in [-0.39, 0.29) is 11.7 Å². The fraction of sp³-hybridized carbons (Fsp3) is 0.0667. The monoisotopic (exact) mass is 269 g/mol. The second-order valence-electron chi connectivity index (χ2n) is 4.22. The predicted octanol–water partition coefficient (Wildman–Crippen LogP) is 2.16. The molecule has 102 valence electrons. The van der Waals surface area contributed by atoms with Crippen LogP contribution in [0.1, 0.15) is 11.5 Å². The molecular weight excluding hydrogens is 254 g/mol. The largest absolute Gasteiger partial charge is 0.409 e. The van der Waals surface area contributed by atoms with Crippen LogP contribution in [-0.4, -0.2) is 17.0 Å². The molecule has 1 atom stereocenters. The molecule has 0 radical (unpaired) electrons. The van der Waals surface area contributed by atoms with E-state index >= 15 is 0 Å². The first-order valence-electron chi connectivity index (χ1n) is 6.10. The predicted molar refractivity (Wildman–Crippen MR) is 77.7 cm³/mol. The summed E-state index contributed by atoms with van der Waals surface area (Å²) in [4.78, 5) is 12.3. The van der Waals surface area contributed by atoms with E-state index in [9.17, 15) is 4.79 Å². The molecule has 0 bridgehead atoms. The van der Waals surface area contributed by atoms with E-state index in [1.54, 1.807) is 36.4 Å². The van der Waals surface area contributed by atoms with Crippen molar-refractivity contribution >= 4 is 17.4 Å². The van der Waals surface area contributed by atoms with Gasteiger partial charge in [0.15, 0.2) is 5.84 Å². The molecule has 0 aliphatic carbocycles. The van der Waals surface area contributed by atoms with Crippen LogP contribution in [0.3, 0.4) is 0 Å². The molecule has 1 amide bonds. The summed E-state index contributed by atoms with van der Waals surface area (Å²) in [5, 5.41) is 14.6. The average molecular weight is 269 g/mol. The van der Waals surface area contributed by atoms with Crippen molar-refractivity contribution in [3.05, 3.63) is 66.2 Å². The van der Waals surface area contributed by atoms with E-state index in [0.29, 0.717) is 11.3 Å². The number of carbonyl (C=O) groups is 1. The van der Waals surface area contributed by atoms with Gasteiger partial charge in [-0.15, -0.1) is 0 Å². The highest BCUT2D eigenvalue weighted by atomic mass is 16.4. The third kappa shape index (κ3) is 3.14. The Kier molecular flexibility index (Phi) is 4.34. The SMILES string of the molecule is NC(=NO)C(C(=O)Nc1ccccc1)c1ccccc1. The molecule has 20 heavy (non-hydrogen) atoms. The Morgan fingerprint density at radius 1 is 1.05 bits per heavy atom. The normalized spacial score (nSPS) is 12.7. The van der Waals surface area contributed by atoms with Crippen molar-refractivity contribution in [2.75, 3.05) is 5.32 Å². The van der Waals surface area contributed by atoms with Gasteiger partial charge in [0.2, 0.25) is 5.91 Å². The molecule has 2 aromatic carbocycles. The smallest absolute Gasteiger partial charge is 0.239 e. The third-order valence-electron chi connectivity index (χ3n) is 2.85. The van der Waals surface area contributed by atoms with Gasteiger partial charge in [0.05, 0.1) is 0 Å². The Morgan fingerprint density at radius 3 is 2.15 bits per heavy atom. The maximum atomic E-state index is 12.3. The lowest BCUT2D eigenvalue weighted by atomic mass is 9.97. The Morgan fingerprint density at radius 2 is 1.60 bits per heavy atom. The molecule has 5 heteroatoms.